The summed E-state index contributed by atoms with van der Waals surface area (Å²) in [5.74, 6) is 0.437. The van der Waals surface area contributed by atoms with E-state index in [0.29, 0.717) is 19.2 Å². The molecule has 0 radical (unpaired) electrons. The predicted octanol–water partition coefficient (Wildman–Crippen LogP) is 2.90. The summed E-state index contributed by atoms with van der Waals surface area (Å²) in [6.45, 7) is 4.59. The van der Waals surface area contributed by atoms with Crippen LogP contribution in [0.4, 0.5) is 0 Å². The number of nitrogens with zero attached hydrogens (tertiary/aromatic N) is 2. The summed E-state index contributed by atoms with van der Waals surface area (Å²) in [5, 5.41) is 0. The normalized spacial score (nSPS) is 10.9. The first kappa shape index (κ1) is 13.5. The van der Waals surface area contributed by atoms with Gasteiger partial charge < -0.3 is 9.30 Å². The number of ether oxygens (including phenoxy) is 1. The third kappa shape index (κ3) is 3.51. The first-order valence-corrected chi connectivity index (χ1v) is 6.35. The molecule has 0 aliphatic rings. The van der Waals surface area contributed by atoms with E-state index in [0.717, 1.165) is 5.56 Å². The summed E-state index contributed by atoms with van der Waals surface area (Å²) in [6, 6.07) is 9.94. The Hall–Kier alpha value is -1.94. The quantitative estimate of drug-likeness (QED) is 0.748. The van der Waals surface area contributed by atoms with Crippen molar-refractivity contribution in [1.82, 2.24) is 9.55 Å². The maximum Gasteiger partial charge on any atom is 0.200 e. The lowest BCUT2D eigenvalue weighted by atomic mass is 10.1. The van der Waals surface area contributed by atoms with Crippen molar-refractivity contribution in [3.8, 4) is 0 Å². The molecule has 4 nitrogen and oxygen atoms in total. The van der Waals surface area contributed by atoms with Crippen molar-refractivity contribution < 1.29 is 9.53 Å². The van der Waals surface area contributed by atoms with Gasteiger partial charge in [0.2, 0.25) is 5.78 Å². The van der Waals surface area contributed by atoms with Crippen LogP contribution in [0, 0.1) is 5.92 Å². The molecule has 0 saturated carbocycles. The number of hydrogen-bond acceptors (Lipinski definition) is 3. The van der Waals surface area contributed by atoms with Gasteiger partial charge in [0.1, 0.15) is 6.73 Å². The second kappa shape index (κ2) is 6.29. The summed E-state index contributed by atoms with van der Waals surface area (Å²) in [4.78, 5) is 16.0. The molecule has 4 heteroatoms. The maximum absolute atomic E-state index is 11.9. The number of carbonyl (C=O) groups excluding carboxylic acids is 1. The van der Waals surface area contributed by atoms with E-state index in [2.05, 4.69) is 4.98 Å². The average Bonchev–Trinajstić information content (AvgIpc) is 2.87. The lowest BCUT2D eigenvalue weighted by Crippen LogP contribution is -2.16. The molecule has 0 bridgehead atoms. The number of rotatable bonds is 6. The fourth-order valence-electron chi connectivity index (χ4n) is 1.73. The molecule has 0 aliphatic heterocycles. The Balaban J connectivity index is 1.94. The van der Waals surface area contributed by atoms with Gasteiger partial charge in [0, 0.05) is 18.3 Å². The van der Waals surface area contributed by atoms with Crippen molar-refractivity contribution in [1.29, 1.82) is 0 Å². The van der Waals surface area contributed by atoms with Crippen molar-refractivity contribution in [2.24, 2.45) is 5.92 Å². The van der Waals surface area contributed by atoms with Crippen LogP contribution in [0.25, 0.3) is 0 Å². The number of Topliss-reactive ketones (excluding diaryl/α,β-unsaturated/α-hetero) is 1. The van der Waals surface area contributed by atoms with Crippen LogP contribution in [0.15, 0.2) is 42.7 Å². The van der Waals surface area contributed by atoms with Crippen molar-refractivity contribution in [2.75, 3.05) is 0 Å². The van der Waals surface area contributed by atoms with E-state index in [4.69, 9.17) is 4.74 Å². The minimum atomic E-state index is -0.0599. The van der Waals surface area contributed by atoms with E-state index in [1.54, 1.807) is 17.0 Å². The van der Waals surface area contributed by atoms with Gasteiger partial charge in [0.25, 0.3) is 0 Å². The number of benzene rings is 1. The largest absolute Gasteiger partial charge is 0.356 e. The number of aromatic nitrogens is 2. The Kier molecular flexibility index (Phi) is 4.47. The van der Waals surface area contributed by atoms with Gasteiger partial charge in [-0.25, -0.2) is 4.98 Å². The van der Waals surface area contributed by atoms with Crippen LogP contribution in [0.5, 0.6) is 0 Å². The van der Waals surface area contributed by atoms with Gasteiger partial charge in [0.15, 0.2) is 5.82 Å². The zero-order chi connectivity index (χ0) is 13.7. The molecule has 100 valence electrons. The fourth-order valence-corrected chi connectivity index (χ4v) is 1.73. The summed E-state index contributed by atoms with van der Waals surface area (Å²) < 4.78 is 7.35. The number of hydrogen-bond donors (Lipinski definition) is 0. The lowest BCUT2D eigenvalue weighted by molar-refractivity contribution is 0.0599. The van der Waals surface area contributed by atoms with E-state index in [9.17, 15) is 4.79 Å². The number of carbonyl (C=O) groups is 1. The summed E-state index contributed by atoms with van der Waals surface area (Å²) in [5.41, 5.74) is 1.11. The van der Waals surface area contributed by atoms with Gasteiger partial charge in [-0.05, 0) is 5.56 Å². The third-order valence-corrected chi connectivity index (χ3v) is 2.80. The third-order valence-electron chi connectivity index (χ3n) is 2.80. The van der Waals surface area contributed by atoms with Crippen LogP contribution in [0.3, 0.4) is 0 Å². The molecule has 19 heavy (non-hydrogen) atoms. The molecule has 1 aromatic carbocycles. The fraction of sp³-hybridized carbons (Fsp3) is 0.333. The van der Waals surface area contributed by atoms with Crippen LogP contribution >= 0.6 is 0 Å². The van der Waals surface area contributed by atoms with Crippen molar-refractivity contribution in [3.63, 3.8) is 0 Å². The smallest absolute Gasteiger partial charge is 0.200 e. The molecule has 0 atom stereocenters. The van der Waals surface area contributed by atoms with E-state index >= 15 is 0 Å². The molecule has 0 aliphatic carbocycles. The second-order valence-corrected chi connectivity index (χ2v) is 4.70. The second-order valence-electron chi connectivity index (χ2n) is 4.70. The Bertz CT molecular complexity index is 532. The summed E-state index contributed by atoms with van der Waals surface area (Å²) in [6.07, 6.45) is 3.39. The van der Waals surface area contributed by atoms with Crippen LogP contribution < -0.4 is 0 Å². The SMILES string of the molecule is CC(C)C(=O)c1nccn1COCc1ccccc1. The monoisotopic (exact) mass is 258 g/mol. The molecule has 0 unspecified atom stereocenters. The van der Waals surface area contributed by atoms with Gasteiger partial charge in [0.05, 0.1) is 6.61 Å². The molecule has 0 saturated heterocycles. The Morgan fingerprint density at radius 2 is 2.05 bits per heavy atom. The number of ketones is 1. The van der Waals surface area contributed by atoms with Crippen LogP contribution in [-0.4, -0.2) is 15.3 Å². The van der Waals surface area contributed by atoms with Crippen molar-refractivity contribution in [2.45, 2.75) is 27.2 Å². The molecule has 1 aromatic heterocycles. The highest BCUT2D eigenvalue weighted by Crippen LogP contribution is 2.08. The van der Waals surface area contributed by atoms with Crippen LogP contribution in [0.2, 0.25) is 0 Å². The molecule has 2 rings (SSSR count). The Morgan fingerprint density at radius 1 is 1.32 bits per heavy atom. The highest BCUT2D eigenvalue weighted by molar-refractivity contribution is 5.94. The van der Waals surface area contributed by atoms with Crippen LogP contribution in [-0.2, 0) is 18.1 Å². The lowest BCUT2D eigenvalue weighted by Gasteiger charge is -2.09. The maximum atomic E-state index is 11.9. The summed E-state index contributed by atoms with van der Waals surface area (Å²) >= 11 is 0. The number of imidazole rings is 1. The minimum Gasteiger partial charge on any atom is -0.356 e. The minimum absolute atomic E-state index is 0.0355. The van der Waals surface area contributed by atoms with E-state index < -0.39 is 0 Å². The Labute approximate surface area is 113 Å². The van der Waals surface area contributed by atoms with Gasteiger partial charge in [-0.3, -0.25) is 4.79 Å². The molecular weight excluding hydrogens is 240 g/mol. The molecule has 2 aromatic rings. The van der Waals surface area contributed by atoms with Crippen LogP contribution in [0.1, 0.15) is 30.0 Å². The van der Waals surface area contributed by atoms with Gasteiger partial charge in [-0.15, -0.1) is 0 Å². The molecule has 0 amide bonds. The van der Waals surface area contributed by atoms with Gasteiger partial charge in [-0.2, -0.15) is 0 Å². The first-order valence-electron chi connectivity index (χ1n) is 6.35. The summed E-state index contributed by atoms with van der Waals surface area (Å²) in [7, 11) is 0. The first-order chi connectivity index (χ1) is 9.18. The standard InChI is InChI=1S/C15H18N2O2/c1-12(2)14(18)15-16-8-9-17(15)11-19-10-13-6-4-3-5-7-13/h3-9,12H,10-11H2,1-2H3. The van der Waals surface area contributed by atoms with Crippen molar-refractivity contribution >= 4 is 5.78 Å². The Morgan fingerprint density at radius 3 is 2.74 bits per heavy atom. The highest BCUT2D eigenvalue weighted by Gasteiger charge is 2.16. The molecule has 1 heterocycles. The van der Waals surface area contributed by atoms with Crippen molar-refractivity contribution in [3.05, 3.63) is 54.1 Å². The van der Waals surface area contributed by atoms with E-state index in [1.165, 1.54) is 0 Å². The topological polar surface area (TPSA) is 44.1 Å². The predicted molar refractivity (Wildman–Crippen MR) is 72.6 cm³/mol. The highest BCUT2D eigenvalue weighted by atomic mass is 16.5. The molecule has 0 spiro atoms. The zero-order valence-electron chi connectivity index (χ0n) is 11.2. The van der Waals surface area contributed by atoms with E-state index in [-0.39, 0.29) is 11.7 Å². The van der Waals surface area contributed by atoms with E-state index in [1.807, 2.05) is 44.2 Å². The van der Waals surface area contributed by atoms with Gasteiger partial charge in [-0.1, -0.05) is 44.2 Å². The molecule has 0 fully saturated rings. The average molecular weight is 258 g/mol. The molecule has 0 N–H and O–H groups in total. The zero-order valence-corrected chi connectivity index (χ0v) is 11.2. The molecular formula is C15H18N2O2. The van der Waals surface area contributed by atoms with Gasteiger partial charge >= 0.3 is 0 Å².